The monoisotopic (exact) mass is 269 g/mol. The van der Waals surface area contributed by atoms with Crippen molar-refractivity contribution in [3.05, 3.63) is 22.2 Å². The van der Waals surface area contributed by atoms with Crippen LogP contribution in [-0.2, 0) is 12.0 Å². The molecule has 0 spiro atoms. The average molecular weight is 270 g/mol. The van der Waals surface area contributed by atoms with E-state index >= 15 is 0 Å². The first kappa shape index (κ1) is 13.5. The maximum Gasteiger partial charge on any atom is 0.179 e. The molecule has 0 aromatic heterocycles. The molecule has 18 heavy (non-hydrogen) atoms. The lowest BCUT2D eigenvalue weighted by atomic mass is 9.71. The lowest BCUT2D eigenvalue weighted by Gasteiger charge is -2.40. The Kier molecular flexibility index (Phi) is 3.74. The summed E-state index contributed by atoms with van der Waals surface area (Å²) in [7, 11) is 3.24. The molecule has 100 valence electrons. The second-order valence-corrected chi connectivity index (χ2v) is 5.22. The highest BCUT2D eigenvalue weighted by atomic mass is 35.5. The molecule has 0 saturated heterocycles. The van der Waals surface area contributed by atoms with E-state index in [-0.39, 0.29) is 5.54 Å². The number of rotatable bonds is 4. The third-order valence-electron chi connectivity index (χ3n) is 3.84. The third kappa shape index (κ3) is 1.95. The van der Waals surface area contributed by atoms with E-state index in [1.54, 1.807) is 14.2 Å². The Hall–Kier alpha value is -0.930. The van der Waals surface area contributed by atoms with Crippen LogP contribution in [-0.4, -0.2) is 14.2 Å². The van der Waals surface area contributed by atoms with E-state index in [4.69, 9.17) is 26.8 Å². The molecule has 0 amide bonds. The molecule has 2 N–H and O–H groups in total. The van der Waals surface area contributed by atoms with Gasteiger partial charge in [0.15, 0.2) is 11.5 Å². The number of methoxy groups -OCH3 is 2. The zero-order valence-corrected chi connectivity index (χ0v) is 11.9. The van der Waals surface area contributed by atoms with Gasteiger partial charge in [-0.05, 0) is 37.3 Å². The Morgan fingerprint density at radius 3 is 2.28 bits per heavy atom. The fraction of sp³-hybridized carbons (Fsp3) is 0.571. The summed E-state index contributed by atoms with van der Waals surface area (Å²) in [5.41, 5.74) is 8.41. The minimum atomic E-state index is -0.242. The van der Waals surface area contributed by atoms with Gasteiger partial charge < -0.3 is 15.2 Å². The van der Waals surface area contributed by atoms with Gasteiger partial charge in [0.05, 0.1) is 19.2 Å². The van der Waals surface area contributed by atoms with Crippen LogP contribution in [0.5, 0.6) is 11.5 Å². The SMILES string of the molecule is CCc1c(C2(N)CCC2)cc(Cl)c(OC)c1OC. The largest absolute Gasteiger partial charge is 0.493 e. The lowest BCUT2D eigenvalue weighted by molar-refractivity contribution is 0.249. The Morgan fingerprint density at radius 2 is 1.89 bits per heavy atom. The zero-order chi connectivity index (χ0) is 13.3. The third-order valence-corrected chi connectivity index (χ3v) is 4.12. The molecular weight excluding hydrogens is 250 g/mol. The number of ether oxygens (including phenoxy) is 2. The minimum absolute atomic E-state index is 0.242. The molecule has 0 atom stereocenters. The van der Waals surface area contributed by atoms with Gasteiger partial charge in [0, 0.05) is 11.1 Å². The van der Waals surface area contributed by atoms with Gasteiger partial charge in [0.2, 0.25) is 0 Å². The van der Waals surface area contributed by atoms with Crippen LogP contribution in [0.15, 0.2) is 6.07 Å². The average Bonchev–Trinajstić information content (AvgIpc) is 2.34. The van der Waals surface area contributed by atoms with E-state index in [1.807, 2.05) is 6.07 Å². The Labute approximate surface area is 113 Å². The molecule has 0 radical (unpaired) electrons. The Balaban J connectivity index is 2.63. The molecule has 0 unspecified atom stereocenters. The lowest BCUT2D eigenvalue weighted by Crippen LogP contribution is -2.44. The van der Waals surface area contributed by atoms with Crippen LogP contribution < -0.4 is 15.2 Å². The summed E-state index contributed by atoms with van der Waals surface area (Å²) < 4.78 is 10.8. The highest BCUT2D eigenvalue weighted by Crippen LogP contribution is 2.47. The van der Waals surface area contributed by atoms with E-state index in [2.05, 4.69) is 6.92 Å². The van der Waals surface area contributed by atoms with Gasteiger partial charge in [-0.3, -0.25) is 0 Å². The standard InChI is InChI=1S/C14H20ClNO2/c1-4-9-10(14(16)6-5-7-14)8-11(15)13(18-3)12(9)17-2/h8H,4-7,16H2,1-3H3. The predicted octanol–water partition coefficient (Wildman–Crippen LogP) is 3.26. The second kappa shape index (κ2) is 4.98. The summed E-state index contributed by atoms with van der Waals surface area (Å²) >= 11 is 6.27. The molecule has 1 saturated carbocycles. The van der Waals surface area contributed by atoms with Gasteiger partial charge in [-0.1, -0.05) is 18.5 Å². The molecule has 1 aromatic carbocycles. The number of hydrogen-bond acceptors (Lipinski definition) is 3. The van der Waals surface area contributed by atoms with E-state index in [0.29, 0.717) is 10.8 Å². The van der Waals surface area contributed by atoms with Crippen molar-refractivity contribution in [2.24, 2.45) is 5.73 Å². The molecular formula is C14H20ClNO2. The fourth-order valence-corrected chi connectivity index (χ4v) is 2.95. The number of halogens is 1. The van der Waals surface area contributed by atoms with Crippen molar-refractivity contribution in [1.82, 2.24) is 0 Å². The molecule has 1 aliphatic carbocycles. The maximum atomic E-state index is 6.43. The van der Waals surface area contributed by atoms with Crippen molar-refractivity contribution in [3.63, 3.8) is 0 Å². The molecule has 1 fully saturated rings. The first-order valence-corrected chi connectivity index (χ1v) is 6.68. The van der Waals surface area contributed by atoms with Crippen LogP contribution in [0.3, 0.4) is 0 Å². The summed E-state index contributed by atoms with van der Waals surface area (Å²) in [6.07, 6.45) is 4.04. The molecule has 3 nitrogen and oxygen atoms in total. The summed E-state index contributed by atoms with van der Waals surface area (Å²) in [4.78, 5) is 0. The number of benzene rings is 1. The highest BCUT2D eigenvalue weighted by Gasteiger charge is 2.37. The number of nitrogens with two attached hydrogens (primary N) is 1. The van der Waals surface area contributed by atoms with Gasteiger partial charge in [-0.15, -0.1) is 0 Å². The van der Waals surface area contributed by atoms with Gasteiger partial charge in [0.25, 0.3) is 0 Å². The van der Waals surface area contributed by atoms with Crippen molar-refractivity contribution in [1.29, 1.82) is 0 Å². The summed E-state index contributed by atoms with van der Waals surface area (Å²) in [5, 5.41) is 0.568. The smallest absolute Gasteiger partial charge is 0.179 e. The van der Waals surface area contributed by atoms with Gasteiger partial charge in [-0.2, -0.15) is 0 Å². The van der Waals surface area contributed by atoms with Gasteiger partial charge in [0.1, 0.15) is 0 Å². The fourth-order valence-electron chi connectivity index (χ4n) is 2.68. The van der Waals surface area contributed by atoms with Crippen LogP contribution in [0.25, 0.3) is 0 Å². The van der Waals surface area contributed by atoms with Crippen molar-refractivity contribution in [3.8, 4) is 11.5 Å². The summed E-state index contributed by atoms with van der Waals surface area (Å²) in [6.45, 7) is 2.09. The molecule has 1 aliphatic rings. The van der Waals surface area contributed by atoms with Crippen molar-refractivity contribution < 1.29 is 9.47 Å². The zero-order valence-electron chi connectivity index (χ0n) is 11.2. The Morgan fingerprint density at radius 1 is 1.28 bits per heavy atom. The van der Waals surface area contributed by atoms with Crippen LogP contribution in [0.4, 0.5) is 0 Å². The summed E-state index contributed by atoms with van der Waals surface area (Å²) in [5.74, 6) is 1.32. The quantitative estimate of drug-likeness (QED) is 0.912. The topological polar surface area (TPSA) is 44.5 Å². The van der Waals surface area contributed by atoms with E-state index in [0.717, 1.165) is 36.1 Å². The molecule has 0 heterocycles. The first-order valence-electron chi connectivity index (χ1n) is 6.30. The van der Waals surface area contributed by atoms with E-state index < -0.39 is 0 Å². The molecule has 4 heteroatoms. The van der Waals surface area contributed by atoms with Crippen LogP contribution in [0, 0.1) is 0 Å². The normalized spacial score (nSPS) is 17.2. The minimum Gasteiger partial charge on any atom is -0.493 e. The molecule has 1 aromatic rings. The van der Waals surface area contributed by atoms with E-state index in [1.165, 1.54) is 6.42 Å². The molecule has 0 aliphatic heterocycles. The van der Waals surface area contributed by atoms with Gasteiger partial charge in [-0.25, -0.2) is 0 Å². The number of hydrogen-bond donors (Lipinski definition) is 1. The van der Waals surface area contributed by atoms with Crippen molar-refractivity contribution in [2.75, 3.05) is 14.2 Å². The Bertz CT molecular complexity index is 456. The van der Waals surface area contributed by atoms with Crippen LogP contribution in [0.1, 0.15) is 37.3 Å². The predicted molar refractivity (Wildman–Crippen MR) is 73.7 cm³/mol. The first-order chi connectivity index (χ1) is 8.57. The highest BCUT2D eigenvalue weighted by molar-refractivity contribution is 6.32. The maximum absolute atomic E-state index is 6.43. The second-order valence-electron chi connectivity index (χ2n) is 4.81. The van der Waals surface area contributed by atoms with E-state index in [9.17, 15) is 0 Å². The summed E-state index contributed by atoms with van der Waals surface area (Å²) in [6, 6.07) is 1.95. The van der Waals surface area contributed by atoms with Gasteiger partial charge >= 0.3 is 0 Å². The van der Waals surface area contributed by atoms with Crippen molar-refractivity contribution in [2.45, 2.75) is 38.1 Å². The van der Waals surface area contributed by atoms with Crippen molar-refractivity contribution >= 4 is 11.6 Å². The van der Waals surface area contributed by atoms with Crippen LogP contribution >= 0.6 is 11.6 Å². The molecule has 0 bridgehead atoms. The molecule has 2 rings (SSSR count). The van der Waals surface area contributed by atoms with Crippen LogP contribution in [0.2, 0.25) is 5.02 Å².